The molecule has 0 N–H and O–H groups in total. The molecule has 16 heavy (non-hydrogen) atoms. The lowest BCUT2D eigenvalue weighted by Gasteiger charge is -2.38. The second-order valence-corrected chi connectivity index (χ2v) is 7.36. The van der Waals surface area contributed by atoms with E-state index in [0.717, 1.165) is 10.4 Å². The number of nitrogens with zero attached hydrogens (tertiary/aromatic N) is 2. The summed E-state index contributed by atoms with van der Waals surface area (Å²) < 4.78 is 2.37. The maximum atomic E-state index is 2.39. The van der Waals surface area contributed by atoms with Crippen LogP contribution in [0.5, 0.6) is 0 Å². The number of quaternary nitrogens is 2. The molecular weight excluding hydrogens is 196 g/mol. The fraction of sp³-hybridized carbons (Fsp3) is 1.00. The highest BCUT2D eigenvalue weighted by atomic mass is 15.3. The van der Waals surface area contributed by atoms with Gasteiger partial charge in [-0.05, 0) is 32.1 Å². The highest BCUT2D eigenvalue weighted by molar-refractivity contribution is 4.63. The topological polar surface area (TPSA) is 0 Å². The molecular formula is C14H32N2+2. The molecule has 1 rings (SSSR count). The van der Waals surface area contributed by atoms with E-state index in [9.17, 15) is 0 Å². The summed E-state index contributed by atoms with van der Waals surface area (Å²) in [5.74, 6) is 0.996. The summed E-state index contributed by atoms with van der Waals surface area (Å²) in [7, 11) is 11.7. The van der Waals surface area contributed by atoms with Crippen LogP contribution in [0, 0.1) is 5.92 Å². The predicted octanol–water partition coefficient (Wildman–Crippen LogP) is 2.35. The fourth-order valence-corrected chi connectivity index (χ4v) is 2.94. The second-order valence-electron chi connectivity index (χ2n) is 7.36. The van der Waals surface area contributed by atoms with Gasteiger partial charge in [0.2, 0.25) is 0 Å². The Morgan fingerprint density at radius 2 is 1.81 bits per heavy atom. The second kappa shape index (κ2) is 5.50. The Morgan fingerprint density at radius 3 is 2.38 bits per heavy atom. The van der Waals surface area contributed by atoms with E-state index < -0.39 is 0 Å². The average molecular weight is 228 g/mol. The quantitative estimate of drug-likeness (QED) is 0.500. The van der Waals surface area contributed by atoms with Gasteiger partial charge in [-0.3, -0.25) is 0 Å². The van der Waals surface area contributed by atoms with Gasteiger partial charge >= 0.3 is 0 Å². The molecule has 1 aliphatic heterocycles. The summed E-state index contributed by atoms with van der Waals surface area (Å²) in [5, 5.41) is 0. The minimum Gasteiger partial charge on any atom is -0.331 e. The van der Waals surface area contributed by atoms with Gasteiger partial charge in [0.05, 0.1) is 54.9 Å². The summed E-state index contributed by atoms with van der Waals surface area (Å²) in [6.45, 7) is 4.12. The molecule has 1 saturated heterocycles. The molecule has 0 radical (unpaired) electrons. The van der Waals surface area contributed by atoms with Crippen LogP contribution in [-0.2, 0) is 0 Å². The van der Waals surface area contributed by atoms with Crippen molar-refractivity contribution in [1.29, 1.82) is 0 Å². The SMILES string of the molecule is C[N+](C)(C)CCCCC1CCC[N+](C)(C)C1. The summed E-state index contributed by atoms with van der Waals surface area (Å²) in [5.41, 5.74) is 0. The van der Waals surface area contributed by atoms with Crippen LogP contribution in [0.4, 0.5) is 0 Å². The largest absolute Gasteiger partial charge is 0.331 e. The number of hydrogen-bond donors (Lipinski definition) is 0. The van der Waals surface area contributed by atoms with Crippen molar-refractivity contribution in [2.24, 2.45) is 5.92 Å². The third-order valence-electron chi connectivity index (χ3n) is 3.82. The molecule has 0 bridgehead atoms. The first-order chi connectivity index (χ1) is 7.29. The minimum atomic E-state index is 0.996. The molecule has 1 unspecified atom stereocenters. The van der Waals surface area contributed by atoms with Gasteiger partial charge in [-0.1, -0.05) is 0 Å². The number of piperidine rings is 1. The van der Waals surface area contributed by atoms with E-state index in [-0.39, 0.29) is 0 Å². The van der Waals surface area contributed by atoms with Crippen LogP contribution in [0.15, 0.2) is 0 Å². The Bertz CT molecular complexity index is 203. The van der Waals surface area contributed by atoms with Crippen molar-refractivity contribution in [2.75, 3.05) is 54.9 Å². The Kier molecular flexibility index (Phi) is 4.81. The van der Waals surface area contributed by atoms with Crippen molar-refractivity contribution < 1.29 is 8.97 Å². The standard InChI is InChI=1S/C14H32N2/c1-15(2,3)11-7-6-9-14-10-8-12-16(4,5)13-14/h14H,6-13H2,1-5H3/q+2. The molecule has 0 aliphatic carbocycles. The molecule has 1 atom stereocenters. The lowest BCUT2D eigenvalue weighted by molar-refractivity contribution is -0.898. The Labute approximate surface area is 102 Å². The van der Waals surface area contributed by atoms with Crippen LogP contribution < -0.4 is 0 Å². The lowest BCUT2D eigenvalue weighted by Crippen LogP contribution is -2.47. The zero-order chi connectivity index (χ0) is 12.2. The van der Waals surface area contributed by atoms with Gasteiger partial charge in [0.15, 0.2) is 0 Å². The van der Waals surface area contributed by atoms with Crippen LogP contribution in [0.2, 0.25) is 0 Å². The van der Waals surface area contributed by atoms with Crippen LogP contribution in [-0.4, -0.2) is 63.8 Å². The Hall–Kier alpha value is -0.0800. The minimum absolute atomic E-state index is 0.996. The molecule has 2 heteroatoms. The van der Waals surface area contributed by atoms with E-state index >= 15 is 0 Å². The summed E-state index contributed by atoms with van der Waals surface area (Å²) in [6, 6.07) is 0. The van der Waals surface area contributed by atoms with E-state index in [0.29, 0.717) is 0 Å². The van der Waals surface area contributed by atoms with E-state index in [4.69, 9.17) is 0 Å². The molecule has 1 fully saturated rings. The number of likely N-dealkylation sites (tertiary alicyclic amines) is 1. The molecule has 1 heterocycles. The smallest absolute Gasteiger partial charge is 0.0811 e. The van der Waals surface area contributed by atoms with Crippen LogP contribution in [0.3, 0.4) is 0 Å². The van der Waals surface area contributed by atoms with Gasteiger partial charge < -0.3 is 8.97 Å². The molecule has 0 aromatic rings. The maximum Gasteiger partial charge on any atom is 0.0811 e. The van der Waals surface area contributed by atoms with E-state index in [1.54, 1.807) is 0 Å². The van der Waals surface area contributed by atoms with Gasteiger partial charge in [-0.15, -0.1) is 0 Å². The first-order valence-corrected chi connectivity index (χ1v) is 6.91. The molecule has 96 valence electrons. The van der Waals surface area contributed by atoms with Crippen LogP contribution in [0.25, 0.3) is 0 Å². The van der Waals surface area contributed by atoms with Gasteiger partial charge in [-0.25, -0.2) is 0 Å². The van der Waals surface area contributed by atoms with E-state index in [1.807, 2.05) is 0 Å². The van der Waals surface area contributed by atoms with Crippen molar-refractivity contribution in [3.05, 3.63) is 0 Å². The van der Waals surface area contributed by atoms with E-state index in [2.05, 4.69) is 35.2 Å². The lowest BCUT2D eigenvalue weighted by atomic mass is 9.92. The van der Waals surface area contributed by atoms with Gasteiger partial charge in [0.1, 0.15) is 0 Å². The molecule has 0 amide bonds. The first-order valence-electron chi connectivity index (χ1n) is 6.91. The first kappa shape index (κ1) is 14.0. The van der Waals surface area contributed by atoms with Crippen LogP contribution in [0.1, 0.15) is 32.1 Å². The molecule has 0 spiro atoms. The van der Waals surface area contributed by atoms with E-state index in [1.165, 1.54) is 56.2 Å². The zero-order valence-corrected chi connectivity index (χ0v) is 12.1. The number of unbranched alkanes of at least 4 members (excludes halogenated alkanes) is 1. The zero-order valence-electron chi connectivity index (χ0n) is 12.1. The van der Waals surface area contributed by atoms with Gasteiger partial charge in [0, 0.05) is 5.92 Å². The van der Waals surface area contributed by atoms with Crippen molar-refractivity contribution in [1.82, 2.24) is 0 Å². The van der Waals surface area contributed by atoms with Crippen molar-refractivity contribution in [3.8, 4) is 0 Å². The van der Waals surface area contributed by atoms with Crippen molar-refractivity contribution in [3.63, 3.8) is 0 Å². The molecule has 1 aliphatic rings. The highest BCUT2D eigenvalue weighted by Crippen LogP contribution is 2.24. The molecule has 0 saturated carbocycles. The molecule has 0 aromatic heterocycles. The summed E-state index contributed by atoms with van der Waals surface area (Å²) >= 11 is 0. The van der Waals surface area contributed by atoms with Crippen LogP contribution >= 0.6 is 0 Å². The number of rotatable bonds is 5. The Balaban J connectivity index is 2.13. The van der Waals surface area contributed by atoms with Gasteiger partial charge in [0.25, 0.3) is 0 Å². The summed E-state index contributed by atoms with van der Waals surface area (Å²) in [6.07, 6.45) is 7.20. The average Bonchev–Trinajstić information content (AvgIpc) is 2.09. The third kappa shape index (κ3) is 5.86. The monoisotopic (exact) mass is 228 g/mol. The Morgan fingerprint density at radius 1 is 1.12 bits per heavy atom. The fourth-order valence-electron chi connectivity index (χ4n) is 2.94. The van der Waals surface area contributed by atoms with Crippen molar-refractivity contribution >= 4 is 0 Å². The number of hydrogen-bond acceptors (Lipinski definition) is 0. The maximum absolute atomic E-state index is 2.39. The third-order valence-corrected chi connectivity index (χ3v) is 3.82. The predicted molar refractivity (Wildman–Crippen MR) is 71.3 cm³/mol. The normalized spacial score (nSPS) is 25.7. The molecule has 0 aromatic carbocycles. The summed E-state index contributed by atoms with van der Waals surface area (Å²) in [4.78, 5) is 0. The van der Waals surface area contributed by atoms with Gasteiger partial charge in [-0.2, -0.15) is 0 Å². The highest BCUT2D eigenvalue weighted by Gasteiger charge is 2.26. The van der Waals surface area contributed by atoms with Crippen molar-refractivity contribution in [2.45, 2.75) is 32.1 Å². The molecule has 2 nitrogen and oxygen atoms in total.